The zero-order chi connectivity index (χ0) is 22.8. The summed E-state index contributed by atoms with van der Waals surface area (Å²) in [5.41, 5.74) is 1.27. The van der Waals surface area contributed by atoms with Crippen LogP contribution in [0.3, 0.4) is 0 Å². The van der Waals surface area contributed by atoms with E-state index in [4.69, 9.17) is 0 Å². The summed E-state index contributed by atoms with van der Waals surface area (Å²) < 4.78 is 30.1. The predicted molar refractivity (Wildman–Crippen MR) is 137 cm³/mol. The van der Waals surface area contributed by atoms with E-state index in [0.717, 1.165) is 6.42 Å². The Morgan fingerprint density at radius 1 is 1.15 bits per heavy atom. The number of alkyl halides is 2. The van der Waals surface area contributed by atoms with Crippen LogP contribution in [0.5, 0.6) is 5.75 Å². The van der Waals surface area contributed by atoms with Gasteiger partial charge in [-0.05, 0) is 37.6 Å². The number of anilines is 1. The molecule has 0 aliphatic carbocycles. The van der Waals surface area contributed by atoms with Gasteiger partial charge in [-0.15, -0.1) is 24.0 Å². The van der Waals surface area contributed by atoms with Crippen molar-refractivity contribution in [1.29, 1.82) is 0 Å². The van der Waals surface area contributed by atoms with Gasteiger partial charge >= 0.3 is 6.61 Å². The summed E-state index contributed by atoms with van der Waals surface area (Å²) in [6.07, 6.45) is 0.832. The molecule has 0 bridgehead atoms. The molecule has 2 aromatic rings. The first-order chi connectivity index (χ1) is 15.6. The van der Waals surface area contributed by atoms with Crippen molar-refractivity contribution in [3.05, 3.63) is 60.2 Å². The van der Waals surface area contributed by atoms with Crippen LogP contribution in [0.2, 0.25) is 0 Å². The van der Waals surface area contributed by atoms with Gasteiger partial charge in [-0.3, -0.25) is 9.79 Å². The van der Waals surface area contributed by atoms with Gasteiger partial charge in [0.05, 0.1) is 12.2 Å². The fourth-order valence-corrected chi connectivity index (χ4v) is 3.55. The smallest absolute Gasteiger partial charge is 0.387 e. The molecule has 1 atom stereocenters. The average Bonchev–Trinajstić information content (AvgIpc) is 3.25. The zero-order valence-electron chi connectivity index (χ0n) is 18.5. The maximum absolute atomic E-state index is 12.7. The molecular formula is C23H30F2IN5O2. The molecular weight excluding hydrogens is 543 g/mol. The van der Waals surface area contributed by atoms with Crippen LogP contribution in [-0.2, 0) is 0 Å². The molecule has 1 aliphatic rings. The highest BCUT2D eigenvalue weighted by atomic mass is 127. The summed E-state index contributed by atoms with van der Waals surface area (Å²) >= 11 is 0. The van der Waals surface area contributed by atoms with Crippen molar-refractivity contribution in [1.82, 2.24) is 16.0 Å². The second-order valence-electron chi connectivity index (χ2n) is 7.30. The molecule has 0 spiro atoms. The third kappa shape index (κ3) is 8.34. The number of benzene rings is 2. The lowest BCUT2D eigenvalue weighted by molar-refractivity contribution is -0.0495. The van der Waals surface area contributed by atoms with E-state index < -0.39 is 6.61 Å². The van der Waals surface area contributed by atoms with Crippen molar-refractivity contribution in [2.75, 3.05) is 37.6 Å². The second kappa shape index (κ2) is 13.8. The van der Waals surface area contributed by atoms with Crippen molar-refractivity contribution in [3.8, 4) is 5.75 Å². The molecule has 1 aliphatic heterocycles. The third-order valence-corrected chi connectivity index (χ3v) is 5.00. The zero-order valence-corrected chi connectivity index (χ0v) is 20.8. The number of hydrogen-bond donors (Lipinski definition) is 3. The Bertz CT molecular complexity index is 901. The molecule has 1 saturated heterocycles. The predicted octanol–water partition coefficient (Wildman–Crippen LogP) is 3.47. The van der Waals surface area contributed by atoms with Gasteiger partial charge in [0.15, 0.2) is 5.96 Å². The highest BCUT2D eigenvalue weighted by Gasteiger charge is 2.26. The summed E-state index contributed by atoms with van der Waals surface area (Å²) in [5.74, 6) is 0.707. The first-order valence-electron chi connectivity index (χ1n) is 10.7. The molecule has 33 heavy (non-hydrogen) atoms. The molecule has 3 rings (SSSR count). The van der Waals surface area contributed by atoms with E-state index in [1.165, 1.54) is 0 Å². The highest BCUT2D eigenvalue weighted by Crippen LogP contribution is 2.31. The quantitative estimate of drug-likeness (QED) is 0.186. The Morgan fingerprint density at radius 3 is 2.61 bits per heavy atom. The van der Waals surface area contributed by atoms with E-state index in [0.29, 0.717) is 49.9 Å². The minimum Gasteiger partial charge on any atom is -0.433 e. The molecule has 0 radical (unpaired) electrons. The standard InChI is InChI=1S/C23H29F2N5O2.HI/c1-2-26-23(28-14-13-27-21(31)17-8-4-3-5-9-17)29-18-12-15-30(16-18)19-10-6-7-11-20(19)32-22(24)25;/h3-11,18,22H,2,12-16H2,1H3,(H,27,31)(H2,26,28,29);1H. The van der Waals surface area contributed by atoms with Crippen LogP contribution in [-0.4, -0.2) is 57.2 Å². The van der Waals surface area contributed by atoms with E-state index in [-0.39, 0.29) is 41.7 Å². The summed E-state index contributed by atoms with van der Waals surface area (Å²) in [4.78, 5) is 18.7. The molecule has 1 fully saturated rings. The Hall–Kier alpha value is -2.63. The van der Waals surface area contributed by atoms with E-state index in [9.17, 15) is 13.6 Å². The minimum atomic E-state index is -2.86. The number of para-hydroxylation sites is 2. The fraction of sp³-hybridized carbons (Fsp3) is 0.391. The molecule has 2 aromatic carbocycles. The molecule has 3 N–H and O–H groups in total. The normalized spacial score (nSPS) is 15.7. The lowest BCUT2D eigenvalue weighted by Crippen LogP contribution is -2.45. The summed E-state index contributed by atoms with van der Waals surface area (Å²) in [6.45, 7) is 2.01. The van der Waals surface area contributed by atoms with Gasteiger partial charge in [-0.25, -0.2) is 0 Å². The first-order valence-corrected chi connectivity index (χ1v) is 10.7. The van der Waals surface area contributed by atoms with Crippen molar-refractivity contribution in [3.63, 3.8) is 0 Å². The van der Waals surface area contributed by atoms with Crippen LogP contribution in [0, 0.1) is 0 Å². The summed E-state index contributed by atoms with van der Waals surface area (Å²) in [5, 5.41) is 9.45. The van der Waals surface area contributed by atoms with E-state index in [1.807, 2.05) is 36.1 Å². The van der Waals surface area contributed by atoms with Crippen LogP contribution in [0.4, 0.5) is 14.5 Å². The number of amides is 1. The molecule has 1 unspecified atom stereocenters. The molecule has 1 heterocycles. The van der Waals surface area contributed by atoms with Crippen molar-refractivity contribution in [2.45, 2.75) is 26.0 Å². The Morgan fingerprint density at radius 2 is 1.88 bits per heavy atom. The minimum absolute atomic E-state index is 0. The van der Waals surface area contributed by atoms with Crippen LogP contribution >= 0.6 is 24.0 Å². The van der Waals surface area contributed by atoms with Gasteiger partial charge in [-0.2, -0.15) is 8.78 Å². The van der Waals surface area contributed by atoms with Gasteiger partial charge < -0.3 is 25.6 Å². The number of carbonyl (C=O) groups excluding carboxylic acids is 1. The largest absolute Gasteiger partial charge is 0.433 e. The van der Waals surface area contributed by atoms with Crippen LogP contribution in [0.1, 0.15) is 23.7 Å². The number of carbonyl (C=O) groups is 1. The van der Waals surface area contributed by atoms with Crippen LogP contribution in [0.25, 0.3) is 0 Å². The van der Waals surface area contributed by atoms with Gasteiger partial charge in [0.2, 0.25) is 0 Å². The van der Waals surface area contributed by atoms with Gasteiger partial charge in [0, 0.05) is 37.8 Å². The molecule has 7 nitrogen and oxygen atoms in total. The monoisotopic (exact) mass is 573 g/mol. The number of nitrogens with one attached hydrogen (secondary N) is 3. The molecule has 180 valence electrons. The van der Waals surface area contributed by atoms with Crippen molar-refractivity contribution in [2.24, 2.45) is 4.99 Å². The maximum Gasteiger partial charge on any atom is 0.387 e. The van der Waals surface area contributed by atoms with E-state index >= 15 is 0 Å². The van der Waals surface area contributed by atoms with Gasteiger partial charge in [0.25, 0.3) is 5.91 Å². The van der Waals surface area contributed by atoms with Crippen LogP contribution < -0.4 is 25.6 Å². The van der Waals surface area contributed by atoms with E-state index in [1.54, 1.807) is 30.3 Å². The first kappa shape index (κ1) is 26.6. The number of ether oxygens (including phenoxy) is 1. The van der Waals surface area contributed by atoms with E-state index in [2.05, 4.69) is 25.7 Å². The molecule has 10 heteroatoms. The van der Waals surface area contributed by atoms with Crippen molar-refractivity contribution < 1.29 is 18.3 Å². The molecule has 1 amide bonds. The van der Waals surface area contributed by atoms with Gasteiger partial charge in [0.1, 0.15) is 5.75 Å². The summed E-state index contributed by atoms with van der Waals surface area (Å²) in [7, 11) is 0. The Labute approximate surface area is 210 Å². The number of guanidine groups is 1. The summed E-state index contributed by atoms with van der Waals surface area (Å²) in [6, 6.07) is 16.0. The number of rotatable bonds is 9. The molecule has 0 aromatic heterocycles. The lowest BCUT2D eigenvalue weighted by Gasteiger charge is -2.22. The Kier molecular flexibility index (Phi) is 11.1. The lowest BCUT2D eigenvalue weighted by atomic mass is 10.2. The SMILES string of the molecule is CCNC(=NCCNC(=O)c1ccccc1)NC1CCN(c2ccccc2OC(F)F)C1.I. The second-order valence-corrected chi connectivity index (χ2v) is 7.30. The third-order valence-electron chi connectivity index (χ3n) is 5.00. The van der Waals surface area contributed by atoms with Crippen molar-refractivity contribution >= 4 is 41.5 Å². The van der Waals surface area contributed by atoms with Crippen LogP contribution in [0.15, 0.2) is 59.6 Å². The number of aliphatic imine (C=N–C) groups is 1. The maximum atomic E-state index is 12.7. The number of halogens is 3. The number of nitrogens with zero attached hydrogens (tertiary/aromatic N) is 2. The Balaban J connectivity index is 0.00000385. The topological polar surface area (TPSA) is 78.0 Å². The highest BCUT2D eigenvalue weighted by molar-refractivity contribution is 14.0. The van der Waals surface area contributed by atoms with Gasteiger partial charge in [-0.1, -0.05) is 30.3 Å². The fourth-order valence-electron chi connectivity index (χ4n) is 3.55. The molecule has 0 saturated carbocycles. The average molecular weight is 573 g/mol. The number of hydrogen-bond acceptors (Lipinski definition) is 4.